The highest BCUT2D eigenvalue weighted by Crippen LogP contribution is 2.29. The number of nitrogens with zero attached hydrogens (tertiary/aromatic N) is 1. The molecule has 5 heteroatoms. The van der Waals surface area contributed by atoms with Crippen molar-refractivity contribution in [1.29, 1.82) is 0 Å². The molecule has 1 aromatic rings. The first-order valence-electron chi connectivity index (χ1n) is 7.56. The number of ether oxygens (including phenoxy) is 1. The van der Waals surface area contributed by atoms with Gasteiger partial charge in [0.2, 0.25) is 0 Å². The number of benzene rings is 1. The average Bonchev–Trinajstić information content (AvgIpc) is 2.46. The molecular formula is C16H25ClN2O2. The van der Waals surface area contributed by atoms with E-state index in [1.165, 1.54) is 0 Å². The Hall–Kier alpha value is -0.650. The van der Waals surface area contributed by atoms with Crippen molar-refractivity contribution in [2.24, 2.45) is 5.73 Å². The summed E-state index contributed by atoms with van der Waals surface area (Å²) in [5.74, 6) is 0. The number of rotatable bonds is 5. The largest absolute Gasteiger partial charge is 0.394 e. The van der Waals surface area contributed by atoms with E-state index in [0.29, 0.717) is 6.54 Å². The van der Waals surface area contributed by atoms with E-state index in [4.69, 9.17) is 22.1 Å². The van der Waals surface area contributed by atoms with Gasteiger partial charge in [-0.2, -0.15) is 0 Å². The zero-order valence-electron chi connectivity index (χ0n) is 12.7. The number of morpholine rings is 1. The molecule has 0 aliphatic carbocycles. The Kier molecular flexibility index (Phi) is 6.02. The van der Waals surface area contributed by atoms with Crippen LogP contribution in [0.25, 0.3) is 0 Å². The first kappa shape index (κ1) is 16.7. The van der Waals surface area contributed by atoms with Crippen molar-refractivity contribution < 1.29 is 9.84 Å². The molecule has 4 atom stereocenters. The summed E-state index contributed by atoms with van der Waals surface area (Å²) in [6.07, 6.45) is 0.813. The second kappa shape index (κ2) is 7.56. The van der Waals surface area contributed by atoms with Gasteiger partial charge in [-0.05, 0) is 31.0 Å². The molecule has 1 aliphatic heterocycles. The van der Waals surface area contributed by atoms with Crippen LogP contribution in [0, 0.1) is 0 Å². The van der Waals surface area contributed by atoms with Crippen molar-refractivity contribution >= 4 is 11.6 Å². The van der Waals surface area contributed by atoms with Crippen LogP contribution >= 0.6 is 11.6 Å². The molecular weight excluding hydrogens is 288 g/mol. The van der Waals surface area contributed by atoms with Crippen molar-refractivity contribution in [3.05, 3.63) is 34.9 Å². The number of halogens is 1. The summed E-state index contributed by atoms with van der Waals surface area (Å²) in [6, 6.07) is 8.00. The first-order valence-corrected chi connectivity index (χ1v) is 7.94. The van der Waals surface area contributed by atoms with E-state index in [1.54, 1.807) is 0 Å². The minimum absolute atomic E-state index is 0.0214. The number of hydrogen-bond acceptors (Lipinski definition) is 4. The topological polar surface area (TPSA) is 58.7 Å². The van der Waals surface area contributed by atoms with Crippen LogP contribution < -0.4 is 5.73 Å². The number of aliphatic hydroxyl groups excluding tert-OH is 1. The van der Waals surface area contributed by atoms with Gasteiger partial charge in [-0.15, -0.1) is 0 Å². The fourth-order valence-electron chi connectivity index (χ4n) is 3.05. The van der Waals surface area contributed by atoms with Gasteiger partial charge in [0.1, 0.15) is 0 Å². The lowest BCUT2D eigenvalue weighted by Crippen LogP contribution is -2.52. The van der Waals surface area contributed by atoms with Crippen LogP contribution in [0.3, 0.4) is 0 Å². The van der Waals surface area contributed by atoms with E-state index in [2.05, 4.69) is 17.9 Å². The van der Waals surface area contributed by atoms with Gasteiger partial charge in [0.25, 0.3) is 0 Å². The lowest BCUT2D eigenvalue weighted by Gasteiger charge is -2.43. The highest BCUT2D eigenvalue weighted by molar-refractivity contribution is 6.30. The Bertz CT molecular complexity index is 458. The summed E-state index contributed by atoms with van der Waals surface area (Å²) in [7, 11) is 0. The van der Waals surface area contributed by atoms with Crippen LogP contribution in [-0.2, 0) is 4.74 Å². The summed E-state index contributed by atoms with van der Waals surface area (Å²) >= 11 is 6.14. The Labute approximate surface area is 131 Å². The van der Waals surface area contributed by atoms with Crippen LogP contribution in [0.2, 0.25) is 5.02 Å². The molecule has 2 rings (SSSR count). The average molecular weight is 313 g/mol. The maximum absolute atomic E-state index is 9.41. The molecule has 0 saturated carbocycles. The Morgan fingerprint density at radius 2 is 2.24 bits per heavy atom. The summed E-state index contributed by atoms with van der Waals surface area (Å²) in [4.78, 5) is 2.31. The van der Waals surface area contributed by atoms with Crippen LogP contribution in [0.4, 0.5) is 0 Å². The van der Waals surface area contributed by atoms with Crippen LogP contribution in [0.1, 0.15) is 31.9 Å². The quantitative estimate of drug-likeness (QED) is 0.875. The molecule has 0 radical (unpaired) electrons. The van der Waals surface area contributed by atoms with Gasteiger partial charge in [-0.25, -0.2) is 0 Å². The molecule has 0 aromatic heterocycles. The van der Waals surface area contributed by atoms with Gasteiger partial charge in [-0.1, -0.05) is 30.7 Å². The lowest BCUT2D eigenvalue weighted by molar-refractivity contribution is -0.108. The van der Waals surface area contributed by atoms with Crippen LogP contribution in [0.5, 0.6) is 0 Å². The fraction of sp³-hybridized carbons (Fsp3) is 0.625. The minimum Gasteiger partial charge on any atom is -0.394 e. The SMILES string of the molecule is CCC(N)C(c1cccc(Cl)c1)N1CC(C)OC(CO)C1. The highest BCUT2D eigenvalue weighted by atomic mass is 35.5. The molecule has 0 amide bonds. The Morgan fingerprint density at radius 1 is 1.48 bits per heavy atom. The molecule has 1 fully saturated rings. The Balaban J connectivity index is 2.27. The molecule has 0 spiro atoms. The molecule has 1 saturated heterocycles. The lowest BCUT2D eigenvalue weighted by atomic mass is 9.95. The van der Waals surface area contributed by atoms with Crippen LogP contribution in [-0.4, -0.2) is 48.0 Å². The van der Waals surface area contributed by atoms with Crippen molar-refractivity contribution in [2.45, 2.75) is 44.6 Å². The van der Waals surface area contributed by atoms with Crippen molar-refractivity contribution in [3.63, 3.8) is 0 Å². The molecule has 4 nitrogen and oxygen atoms in total. The molecule has 1 heterocycles. The third-order valence-corrected chi connectivity index (χ3v) is 4.25. The van der Waals surface area contributed by atoms with E-state index >= 15 is 0 Å². The smallest absolute Gasteiger partial charge is 0.0936 e. The van der Waals surface area contributed by atoms with Crippen molar-refractivity contribution in [3.8, 4) is 0 Å². The van der Waals surface area contributed by atoms with Crippen molar-refractivity contribution in [1.82, 2.24) is 4.90 Å². The third kappa shape index (κ3) is 4.18. The van der Waals surface area contributed by atoms with E-state index in [9.17, 15) is 5.11 Å². The molecule has 118 valence electrons. The van der Waals surface area contributed by atoms with E-state index in [1.807, 2.05) is 25.1 Å². The maximum atomic E-state index is 9.41. The van der Waals surface area contributed by atoms with Gasteiger partial charge < -0.3 is 15.6 Å². The molecule has 1 aromatic carbocycles. The van der Waals surface area contributed by atoms with Gasteiger partial charge >= 0.3 is 0 Å². The van der Waals surface area contributed by atoms with E-state index in [-0.39, 0.29) is 30.9 Å². The Morgan fingerprint density at radius 3 is 2.86 bits per heavy atom. The molecule has 0 bridgehead atoms. The van der Waals surface area contributed by atoms with Gasteiger partial charge in [-0.3, -0.25) is 4.90 Å². The molecule has 3 N–H and O–H groups in total. The summed E-state index contributed by atoms with van der Waals surface area (Å²) < 4.78 is 5.73. The normalized spacial score (nSPS) is 26.5. The van der Waals surface area contributed by atoms with Gasteiger partial charge in [0, 0.05) is 24.2 Å². The monoisotopic (exact) mass is 312 g/mol. The predicted molar refractivity (Wildman–Crippen MR) is 85.5 cm³/mol. The third-order valence-electron chi connectivity index (χ3n) is 4.02. The minimum atomic E-state index is -0.153. The second-order valence-electron chi connectivity index (χ2n) is 5.78. The first-order chi connectivity index (χ1) is 10.0. The molecule has 21 heavy (non-hydrogen) atoms. The zero-order valence-corrected chi connectivity index (χ0v) is 13.5. The predicted octanol–water partition coefficient (Wildman–Crippen LogP) is 2.20. The van der Waals surface area contributed by atoms with Gasteiger partial charge in [0.05, 0.1) is 24.9 Å². The highest BCUT2D eigenvalue weighted by Gasteiger charge is 2.33. The summed E-state index contributed by atoms with van der Waals surface area (Å²) in [5, 5.41) is 10.1. The van der Waals surface area contributed by atoms with E-state index in [0.717, 1.165) is 23.6 Å². The molecule has 1 aliphatic rings. The van der Waals surface area contributed by atoms with Crippen LogP contribution in [0.15, 0.2) is 24.3 Å². The second-order valence-corrected chi connectivity index (χ2v) is 6.21. The van der Waals surface area contributed by atoms with Crippen molar-refractivity contribution in [2.75, 3.05) is 19.7 Å². The summed E-state index contributed by atoms with van der Waals surface area (Å²) in [6.45, 7) is 5.65. The van der Waals surface area contributed by atoms with E-state index < -0.39 is 0 Å². The van der Waals surface area contributed by atoms with Gasteiger partial charge in [0.15, 0.2) is 0 Å². The number of hydrogen-bond donors (Lipinski definition) is 2. The fourth-order valence-corrected chi connectivity index (χ4v) is 3.25. The zero-order chi connectivity index (χ0) is 15.4. The maximum Gasteiger partial charge on any atom is 0.0936 e. The standard InChI is InChI=1S/C16H25ClN2O2/c1-3-15(18)16(12-5-4-6-13(17)7-12)19-8-11(2)21-14(9-19)10-20/h4-7,11,14-16,20H,3,8-10,18H2,1-2H3. The summed E-state index contributed by atoms with van der Waals surface area (Å²) in [5.41, 5.74) is 7.50. The number of aliphatic hydroxyl groups is 1. The molecule has 4 unspecified atom stereocenters. The number of nitrogens with two attached hydrogens (primary N) is 1.